The molecular formula is C25H21Cl2N3O4. The van der Waals surface area contributed by atoms with Gasteiger partial charge in [0.05, 0.1) is 6.21 Å². The molecule has 0 saturated carbocycles. The molecule has 0 unspecified atom stereocenters. The summed E-state index contributed by atoms with van der Waals surface area (Å²) in [6.45, 7) is 4.16. The van der Waals surface area contributed by atoms with Crippen LogP contribution in [-0.2, 0) is 16.2 Å². The number of hydrogen-bond donors (Lipinski definition) is 2. The summed E-state index contributed by atoms with van der Waals surface area (Å²) in [5.74, 6) is -0.644. The number of benzene rings is 3. The number of carbonyl (C=O) groups is 2. The Balaban J connectivity index is 1.54. The number of halogens is 2. The van der Waals surface area contributed by atoms with Gasteiger partial charge in [0.1, 0.15) is 24.7 Å². The fourth-order valence-corrected chi connectivity index (χ4v) is 3.16. The minimum atomic E-state index is -0.922. The van der Waals surface area contributed by atoms with E-state index in [-0.39, 0.29) is 6.61 Å². The predicted molar refractivity (Wildman–Crippen MR) is 134 cm³/mol. The van der Waals surface area contributed by atoms with Gasteiger partial charge in [-0.3, -0.25) is 9.59 Å². The second kappa shape index (κ2) is 12.4. The van der Waals surface area contributed by atoms with Gasteiger partial charge in [-0.15, -0.1) is 0 Å². The van der Waals surface area contributed by atoms with Crippen LogP contribution in [0.5, 0.6) is 11.5 Å². The summed E-state index contributed by atoms with van der Waals surface area (Å²) in [7, 11) is 0. The summed E-state index contributed by atoms with van der Waals surface area (Å²) >= 11 is 12.1. The standard InChI is InChI=1S/C25H21Cl2N3O4/c1-2-13-33-21-11-9-20(10-12-21)29-24(31)25(32)30-28-15-17-5-3-4-6-23(17)34-16-18-7-8-19(26)14-22(18)27/h2-12,14-15H,1,13,16H2,(H,29,31)(H,30,32)/b28-15-. The lowest BCUT2D eigenvalue weighted by Gasteiger charge is -2.10. The van der Waals surface area contributed by atoms with Crippen molar-refractivity contribution in [1.29, 1.82) is 0 Å². The van der Waals surface area contributed by atoms with Gasteiger partial charge in [0.15, 0.2) is 0 Å². The Labute approximate surface area is 207 Å². The van der Waals surface area contributed by atoms with Crippen molar-refractivity contribution in [1.82, 2.24) is 5.43 Å². The number of amides is 2. The lowest BCUT2D eigenvalue weighted by Crippen LogP contribution is -2.32. The first kappa shape index (κ1) is 24.8. The molecule has 0 bridgehead atoms. The zero-order valence-corrected chi connectivity index (χ0v) is 19.5. The number of ether oxygens (including phenoxy) is 2. The van der Waals surface area contributed by atoms with Crippen molar-refractivity contribution < 1.29 is 19.1 Å². The molecule has 0 aromatic heterocycles. The minimum absolute atomic E-state index is 0.215. The molecule has 0 fully saturated rings. The molecule has 2 N–H and O–H groups in total. The van der Waals surface area contributed by atoms with Crippen molar-refractivity contribution in [2.45, 2.75) is 6.61 Å². The largest absolute Gasteiger partial charge is 0.490 e. The van der Waals surface area contributed by atoms with Crippen LogP contribution in [-0.4, -0.2) is 24.6 Å². The average Bonchev–Trinajstić information content (AvgIpc) is 2.83. The Morgan fingerprint density at radius 2 is 1.74 bits per heavy atom. The first-order valence-electron chi connectivity index (χ1n) is 10.1. The van der Waals surface area contributed by atoms with Gasteiger partial charge >= 0.3 is 11.8 Å². The molecular weight excluding hydrogens is 477 g/mol. The van der Waals surface area contributed by atoms with E-state index in [1.807, 2.05) is 0 Å². The number of carbonyl (C=O) groups excluding carboxylic acids is 2. The number of hydrazone groups is 1. The molecule has 34 heavy (non-hydrogen) atoms. The highest BCUT2D eigenvalue weighted by Gasteiger charge is 2.13. The number of anilines is 1. The number of hydrogen-bond acceptors (Lipinski definition) is 5. The molecule has 0 heterocycles. The second-order valence-electron chi connectivity index (χ2n) is 6.84. The summed E-state index contributed by atoms with van der Waals surface area (Å²) in [4.78, 5) is 24.2. The van der Waals surface area contributed by atoms with Crippen LogP contribution in [0.3, 0.4) is 0 Å². The Morgan fingerprint density at radius 1 is 0.971 bits per heavy atom. The van der Waals surface area contributed by atoms with Gasteiger partial charge in [0.25, 0.3) is 0 Å². The maximum absolute atomic E-state index is 12.1. The molecule has 0 aliphatic carbocycles. The molecule has 9 heteroatoms. The fourth-order valence-electron chi connectivity index (χ4n) is 2.70. The van der Waals surface area contributed by atoms with Gasteiger partial charge in [0.2, 0.25) is 0 Å². The van der Waals surface area contributed by atoms with E-state index in [0.717, 1.165) is 5.56 Å². The van der Waals surface area contributed by atoms with Crippen LogP contribution in [0.2, 0.25) is 10.0 Å². The number of para-hydroxylation sites is 1. The molecule has 3 aromatic rings. The summed E-state index contributed by atoms with van der Waals surface area (Å²) in [6, 6.07) is 18.8. The van der Waals surface area contributed by atoms with E-state index in [9.17, 15) is 9.59 Å². The SMILES string of the molecule is C=CCOc1ccc(NC(=O)C(=O)N/N=C\c2ccccc2OCc2ccc(Cl)cc2Cl)cc1. The summed E-state index contributed by atoms with van der Waals surface area (Å²) in [5.41, 5.74) is 4.00. The number of nitrogens with zero attached hydrogens (tertiary/aromatic N) is 1. The zero-order valence-electron chi connectivity index (χ0n) is 18.0. The van der Waals surface area contributed by atoms with Crippen LogP contribution in [0, 0.1) is 0 Å². The first-order chi connectivity index (χ1) is 16.5. The molecule has 174 valence electrons. The molecule has 0 atom stereocenters. The topological polar surface area (TPSA) is 89.0 Å². The first-order valence-corrected chi connectivity index (χ1v) is 10.9. The third-order valence-corrected chi connectivity index (χ3v) is 4.96. The molecule has 0 saturated heterocycles. The Morgan fingerprint density at radius 3 is 2.47 bits per heavy atom. The highest BCUT2D eigenvalue weighted by Crippen LogP contribution is 2.24. The quantitative estimate of drug-likeness (QED) is 0.183. The molecule has 3 rings (SSSR count). The van der Waals surface area contributed by atoms with E-state index in [1.54, 1.807) is 72.8 Å². The molecule has 7 nitrogen and oxygen atoms in total. The Hall–Kier alpha value is -3.81. The highest BCUT2D eigenvalue weighted by molar-refractivity contribution is 6.39. The van der Waals surface area contributed by atoms with Crippen molar-refractivity contribution in [3.8, 4) is 11.5 Å². The second-order valence-corrected chi connectivity index (χ2v) is 7.68. The van der Waals surface area contributed by atoms with Crippen molar-refractivity contribution in [2.75, 3.05) is 11.9 Å². The van der Waals surface area contributed by atoms with Gasteiger partial charge in [-0.1, -0.05) is 54.1 Å². The third-order valence-electron chi connectivity index (χ3n) is 4.37. The van der Waals surface area contributed by atoms with E-state index >= 15 is 0 Å². The lowest BCUT2D eigenvalue weighted by molar-refractivity contribution is -0.136. The number of rotatable bonds is 9. The van der Waals surface area contributed by atoms with E-state index in [1.165, 1.54) is 6.21 Å². The maximum Gasteiger partial charge on any atom is 0.329 e. The van der Waals surface area contributed by atoms with Crippen LogP contribution >= 0.6 is 23.2 Å². The number of nitrogens with one attached hydrogen (secondary N) is 2. The molecule has 3 aromatic carbocycles. The van der Waals surface area contributed by atoms with E-state index in [2.05, 4.69) is 22.4 Å². The van der Waals surface area contributed by atoms with Crippen LogP contribution < -0.4 is 20.2 Å². The van der Waals surface area contributed by atoms with E-state index in [0.29, 0.717) is 39.4 Å². The lowest BCUT2D eigenvalue weighted by atomic mass is 10.2. The normalized spacial score (nSPS) is 10.5. The summed E-state index contributed by atoms with van der Waals surface area (Å²) in [5, 5.41) is 7.38. The average molecular weight is 498 g/mol. The van der Waals surface area contributed by atoms with Gasteiger partial charge in [0, 0.05) is 26.9 Å². The molecule has 0 aliphatic heterocycles. The van der Waals surface area contributed by atoms with Gasteiger partial charge in [-0.2, -0.15) is 5.10 Å². The maximum atomic E-state index is 12.1. The van der Waals surface area contributed by atoms with Crippen LogP contribution in [0.25, 0.3) is 0 Å². The molecule has 0 spiro atoms. The van der Waals surface area contributed by atoms with E-state index < -0.39 is 11.8 Å². The van der Waals surface area contributed by atoms with Gasteiger partial charge in [-0.05, 0) is 48.5 Å². The molecule has 0 radical (unpaired) electrons. The molecule has 2 amide bonds. The van der Waals surface area contributed by atoms with Gasteiger partial charge < -0.3 is 14.8 Å². The fraction of sp³-hybridized carbons (Fsp3) is 0.0800. The van der Waals surface area contributed by atoms with Crippen LogP contribution in [0.15, 0.2) is 84.5 Å². The van der Waals surface area contributed by atoms with Crippen molar-refractivity contribution in [3.05, 3.63) is 101 Å². The highest BCUT2D eigenvalue weighted by atomic mass is 35.5. The monoisotopic (exact) mass is 497 g/mol. The minimum Gasteiger partial charge on any atom is -0.490 e. The predicted octanol–water partition coefficient (Wildman–Crippen LogP) is 5.23. The Bertz CT molecular complexity index is 1200. The van der Waals surface area contributed by atoms with Gasteiger partial charge in [-0.25, -0.2) is 5.43 Å². The van der Waals surface area contributed by atoms with Crippen LogP contribution in [0.4, 0.5) is 5.69 Å². The molecule has 0 aliphatic rings. The zero-order chi connectivity index (χ0) is 24.3. The smallest absolute Gasteiger partial charge is 0.329 e. The Kier molecular flexibility index (Phi) is 9.08. The van der Waals surface area contributed by atoms with E-state index in [4.69, 9.17) is 32.7 Å². The third kappa shape index (κ3) is 7.37. The van der Waals surface area contributed by atoms with Crippen molar-refractivity contribution in [3.63, 3.8) is 0 Å². The summed E-state index contributed by atoms with van der Waals surface area (Å²) < 4.78 is 11.2. The van der Waals surface area contributed by atoms with Crippen molar-refractivity contribution >= 4 is 46.9 Å². The van der Waals surface area contributed by atoms with Crippen molar-refractivity contribution in [2.24, 2.45) is 5.10 Å². The van der Waals surface area contributed by atoms with Crippen LogP contribution in [0.1, 0.15) is 11.1 Å². The summed E-state index contributed by atoms with van der Waals surface area (Å²) in [6.07, 6.45) is 3.01.